The number of esters is 2. The standard InChI is InChI=1S/C17H19FO5/c1-4-7-21-10-12-8-13(18)6-5-11(12)9-14-15(19)22-17(2,3)23-16(14)20/h5-6,8-9H,4,7,10H2,1-3H3. The maximum Gasteiger partial charge on any atom is 0.348 e. The summed E-state index contributed by atoms with van der Waals surface area (Å²) in [5, 5.41) is 0. The van der Waals surface area contributed by atoms with Gasteiger partial charge in [0.1, 0.15) is 11.4 Å². The van der Waals surface area contributed by atoms with Crippen molar-refractivity contribution in [3.05, 3.63) is 40.7 Å². The van der Waals surface area contributed by atoms with Gasteiger partial charge in [0.25, 0.3) is 5.79 Å². The first-order valence-electron chi connectivity index (χ1n) is 7.37. The molecular formula is C17H19FO5. The van der Waals surface area contributed by atoms with E-state index in [1.807, 2.05) is 6.92 Å². The number of rotatable bonds is 5. The number of hydrogen-bond donors (Lipinski definition) is 0. The third-order valence-corrected chi connectivity index (χ3v) is 3.13. The van der Waals surface area contributed by atoms with Crippen LogP contribution < -0.4 is 0 Å². The van der Waals surface area contributed by atoms with Gasteiger partial charge in [-0.15, -0.1) is 0 Å². The minimum Gasteiger partial charge on any atom is -0.419 e. The summed E-state index contributed by atoms with van der Waals surface area (Å²) in [6, 6.07) is 4.04. The van der Waals surface area contributed by atoms with Crippen molar-refractivity contribution in [3.8, 4) is 0 Å². The van der Waals surface area contributed by atoms with Crippen LogP contribution in [0.4, 0.5) is 4.39 Å². The van der Waals surface area contributed by atoms with Crippen LogP contribution >= 0.6 is 0 Å². The van der Waals surface area contributed by atoms with Crippen molar-refractivity contribution in [2.45, 2.75) is 39.6 Å². The Morgan fingerprint density at radius 2 is 1.87 bits per heavy atom. The second kappa shape index (κ2) is 6.91. The van der Waals surface area contributed by atoms with Gasteiger partial charge >= 0.3 is 11.9 Å². The van der Waals surface area contributed by atoms with Gasteiger partial charge in [0.2, 0.25) is 0 Å². The quantitative estimate of drug-likeness (QED) is 0.361. The molecule has 5 nitrogen and oxygen atoms in total. The van der Waals surface area contributed by atoms with Crippen molar-refractivity contribution in [1.82, 2.24) is 0 Å². The van der Waals surface area contributed by atoms with E-state index in [1.165, 1.54) is 38.1 Å². The number of benzene rings is 1. The van der Waals surface area contributed by atoms with Crippen LogP contribution in [-0.4, -0.2) is 24.3 Å². The third-order valence-electron chi connectivity index (χ3n) is 3.13. The Morgan fingerprint density at radius 1 is 1.22 bits per heavy atom. The number of ether oxygens (including phenoxy) is 3. The van der Waals surface area contributed by atoms with Gasteiger partial charge in [-0.3, -0.25) is 0 Å². The summed E-state index contributed by atoms with van der Waals surface area (Å²) in [6.45, 7) is 5.62. The van der Waals surface area contributed by atoms with Crippen molar-refractivity contribution < 1.29 is 28.2 Å². The number of carbonyl (C=O) groups is 2. The average molecular weight is 322 g/mol. The van der Waals surface area contributed by atoms with E-state index in [0.717, 1.165) is 6.42 Å². The van der Waals surface area contributed by atoms with E-state index in [1.54, 1.807) is 0 Å². The van der Waals surface area contributed by atoms with Gasteiger partial charge in [-0.05, 0) is 35.8 Å². The average Bonchev–Trinajstić information content (AvgIpc) is 2.44. The van der Waals surface area contributed by atoms with Crippen molar-refractivity contribution in [1.29, 1.82) is 0 Å². The Balaban J connectivity index is 2.31. The second-order valence-electron chi connectivity index (χ2n) is 5.63. The Hall–Kier alpha value is -2.21. The molecule has 0 amide bonds. The zero-order chi connectivity index (χ0) is 17.0. The molecule has 1 aliphatic heterocycles. The lowest BCUT2D eigenvalue weighted by Gasteiger charge is -2.29. The molecule has 124 valence electrons. The lowest BCUT2D eigenvalue weighted by Crippen LogP contribution is -2.41. The largest absolute Gasteiger partial charge is 0.419 e. The molecule has 1 aliphatic rings. The third kappa shape index (κ3) is 4.39. The van der Waals surface area contributed by atoms with E-state index >= 15 is 0 Å². The van der Waals surface area contributed by atoms with Crippen LogP contribution in [0.25, 0.3) is 6.08 Å². The number of hydrogen-bond acceptors (Lipinski definition) is 5. The van der Waals surface area contributed by atoms with Gasteiger partial charge in [0.05, 0.1) is 6.61 Å². The smallest absolute Gasteiger partial charge is 0.348 e. The van der Waals surface area contributed by atoms with Crippen LogP contribution in [0.2, 0.25) is 0 Å². The Morgan fingerprint density at radius 3 is 2.48 bits per heavy atom. The van der Waals surface area contributed by atoms with Crippen molar-refractivity contribution in [2.24, 2.45) is 0 Å². The summed E-state index contributed by atoms with van der Waals surface area (Å²) >= 11 is 0. The van der Waals surface area contributed by atoms with Crippen molar-refractivity contribution in [3.63, 3.8) is 0 Å². The highest BCUT2D eigenvalue weighted by Gasteiger charge is 2.38. The fourth-order valence-corrected chi connectivity index (χ4v) is 2.10. The lowest BCUT2D eigenvalue weighted by atomic mass is 10.0. The van der Waals surface area contributed by atoms with E-state index in [4.69, 9.17) is 14.2 Å². The minimum atomic E-state index is -1.29. The highest BCUT2D eigenvalue weighted by molar-refractivity contribution is 6.18. The van der Waals surface area contributed by atoms with Gasteiger partial charge < -0.3 is 14.2 Å². The molecule has 0 bridgehead atoms. The number of carbonyl (C=O) groups excluding carboxylic acids is 2. The Labute approximate surface area is 134 Å². The summed E-state index contributed by atoms with van der Waals surface area (Å²) < 4.78 is 28.9. The molecule has 1 aromatic rings. The summed E-state index contributed by atoms with van der Waals surface area (Å²) in [7, 11) is 0. The second-order valence-corrected chi connectivity index (χ2v) is 5.63. The van der Waals surface area contributed by atoms with E-state index in [9.17, 15) is 14.0 Å². The molecule has 0 spiro atoms. The first-order valence-corrected chi connectivity index (χ1v) is 7.37. The van der Waals surface area contributed by atoms with E-state index in [2.05, 4.69) is 0 Å². The van der Waals surface area contributed by atoms with Gasteiger partial charge in [-0.2, -0.15) is 0 Å². The first-order chi connectivity index (χ1) is 10.8. The van der Waals surface area contributed by atoms with Crippen molar-refractivity contribution in [2.75, 3.05) is 6.61 Å². The molecule has 1 fully saturated rings. The highest BCUT2D eigenvalue weighted by Crippen LogP contribution is 2.25. The lowest BCUT2D eigenvalue weighted by molar-refractivity contribution is -0.222. The van der Waals surface area contributed by atoms with Crippen LogP contribution in [-0.2, 0) is 30.4 Å². The van der Waals surface area contributed by atoms with Crippen LogP contribution in [0, 0.1) is 5.82 Å². The summed E-state index contributed by atoms with van der Waals surface area (Å²) in [4.78, 5) is 23.9. The molecule has 0 radical (unpaired) electrons. The minimum absolute atomic E-state index is 0.181. The molecule has 2 rings (SSSR count). The van der Waals surface area contributed by atoms with Gasteiger partial charge in [0.15, 0.2) is 0 Å². The maximum atomic E-state index is 13.4. The van der Waals surface area contributed by atoms with Crippen LogP contribution in [0.5, 0.6) is 0 Å². The van der Waals surface area contributed by atoms with Crippen LogP contribution in [0.3, 0.4) is 0 Å². The SMILES string of the molecule is CCCOCc1cc(F)ccc1C=C1C(=O)OC(C)(C)OC1=O. The van der Waals surface area contributed by atoms with Gasteiger partial charge in [-0.1, -0.05) is 13.0 Å². The monoisotopic (exact) mass is 322 g/mol. The van der Waals surface area contributed by atoms with E-state index < -0.39 is 23.5 Å². The highest BCUT2D eigenvalue weighted by atomic mass is 19.1. The fraction of sp³-hybridized carbons (Fsp3) is 0.412. The molecule has 0 aromatic heterocycles. The fourth-order valence-electron chi connectivity index (χ4n) is 2.10. The summed E-state index contributed by atoms with van der Waals surface area (Å²) in [5.74, 6) is -3.24. The van der Waals surface area contributed by atoms with Crippen molar-refractivity contribution >= 4 is 18.0 Å². The predicted octanol–water partition coefficient (Wildman–Crippen LogP) is 2.97. The number of cyclic esters (lactones) is 2. The summed E-state index contributed by atoms with van der Waals surface area (Å²) in [5.41, 5.74) is 0.815. The zero-order valence-electron chi connectivity index (χ0n) is 13.3. The zero-order valence-corrected chi connectivity index (χ0v) is 13.3. The molecule has 1 saturated heterocycles. The molecule has 0 atom stereocenters. The molecule has 0 saturated carbocycles. The molecule has 1 aromatic carbocycles. The molecule has 0 aliphatic carbocycles. The topological polar surface area (TPSA) is 61.8 Å². The van der Waals surface area contributed by atoms with E-state index in [0.29, 0.717) is 17.7 Å². The molecule has 23 heavy (non-hydrogen) atoms. The Bertz CT molecular complexity index is 626. The number of halogens is 1. The van der Waals surface area contributed by atoms with Gasteiger partial charge in [0, 0.05) is 20.5 Å². The molecule has 6 heteroatoms. The molecule has 0 N–H and O–H groups in total. The van der Waals surface area contributed by atoms with Crippen LogP contribution in [0.1, 0.15) is 38.3 Å². The molecule has 1 heterocycles. The Kier molecular flexibility index (Phi) is 5.15. The first kappa shape index (κ1) is 17.1. The normalized spacial score (nSPS) is 16.8. The summed E-state index contributed by atoms with van der Waals surface area (Å²) in [6.07, 6.45) is 2.17. The van der Waals surface area contributed by atoms with Gasteiger partial charge in [-0.25, -0.2) is 14.0 Å². The predicted molar refractivity (Wildman–Crippen MR) is 80.6 cm³/mol. The molecular weight excluding hydrogens is 303 g/mol. The molecule has 0 unspecified atom stereocenters. The van der Waals surface area contributed by atoms with Crippen LogP contribution in [0.15, 0.2) is 23.8 Å². The maximum absolute atomic E-state index is 13.4. The van der Waals surface area contributed by atoms with E-state index in [-0.39, 0.29) is 12.2 Å².